The van der Waals surface area contributed by atoms with Crippen molar-refractivity contribution in [3.63, 3.8) is 0 Å². The normalized spacial score (nSPS) is 18.0. The lowest BCUT2D eigenvalue weighted by atomic mass is 9.66. The van der Waals surface area contributed by atoms with E-state index in [1.165, 1.54) is 37.9 Å². The Morgan fingerprint density at radius 2 is 1.14 bits per heavy atom. The molecule has 4 aromatic rings. The van der Waals surface area contributed by atoms with Gasteiger partial charge in [-0.3, -0.25) is 0 Å². The quantitative estimate of drug-likeness (QED) is 0.310. The average molecular weight is 437 g/mol. The molecule has 0 radical (unpaired) electrons. The minimum atomic E-state index is -0.251. The zero-order chi connectivity index (χ0) is 19.7. The Balaban J connectivity index is 1.86. The summed E-state index contributed by atoms with van der Waals surface area (Å²) in [6, 6.07) is 41.4. The summed E-state index contributed by atoms with van der Waals surface area (Å²) < 4.78 is 1.19. The molecule has 0 aliphatic heterocycles. The minimum Gasteiger partial charge on any atom is -0.0622 e. The lowest BCUT2D eigenvalue weighted by Crippen LogP contribution is -2.30. The maximum absolute atomic E-state index is 4.01. The van der Waals surface area contributed by atoms with Crippen molar-refractivity contribution in [2.75, 3.05) is 0 Å². The van der Waals surface area contributed by atoms with Gasteiger partial charge >= 0.3 is 0 Å². The van der Waals surface area contributed by atoms with Gasteiger partial charge in [-0.05, 0) is 55.7 Å². The molecule has 4 aromatic carbocycles. The van der Waals surface area contributed by atoms with Crippen molar-refractivity contribution in [2.24, 2.45) is 0 Å². The molecular formula is C28H21Br. The second-order valence-corrected chi connectivity index (χ2v) is 8.33. The molecule has 1 heteroatoms. The second kappa shape index (κ2) is 7.50. The van der Waals surface area contributed by atoms with E-state index in [0.29, 0.717) is 0 Å². The van der Waals surface area contributed by atoms with Crippen molar-refractivity contribution in [3.8, 4) is 0 Å². The van der Waals surface area contributed by atoms with E-state index in [4.69, 9.17) is 0 Å². The number of rotatable bonds is 4. The highest BCUT2D eigenvalue weighted by atomic mass is 79.9. The van der Waals surface area contributed by atoms with E-state index in [0.717, 1.165) is 6.42 Å². The van der Waals surface area contributed by atoms with E-state index >= 15 is 0 Å². The van der Waals surface area contributed by atoms with Gasteiger partial charge in [-0.2, -0.15) is 0 Å². The van der Waals surface area contributed by atoms with Crippen LogP contribution in [0.25, 0.3) is 10.1 Å². The first kappa shape index (κ1) is 18.1. The van der Waals surface area contributed by atoms with Gasteiger partial charge < -0.3 is 0 Å². The standard InChI is InChI=1S/C28H21Br/c29-27-24-18-10-11-19-25(24)28(23-16-8-3-9-17-23,20-21-12-4-1-5-13-21)26(27)22-14-6-2-7-15-22/h1-19H,20H2. The second-order valence-electron chi connectivity index (χ2n) is 7.53. The van der Waals surface area contributed by atoms with Crippen LogP contribution in [0.4, 0.5) is 0 Å². The zero-order valence-electron chi connectivity index (χ0n) is 16.1. The van der Waals surface area contributed by atoms with E-state index in [2.05, 4.69) is 131 Å². The molecule has 1 unspecified atom stereocenters. The van der Waals surface area contributed by atoms with Crippen LogP contribution in [0.5, 0.6) is 0 Å². The molecule has 0 fully saturated rings. The molecule has 0 saturated heterocycles. The lowest BCUT2D eigenvalue weighted by Gasteiger charge is -2.35. The summed E-state index contributed by atoms with van der Waals surface area (Å²) in [5, 5.41) is 0. The zero-order valence-corrected chi connectivity index (χ0v) is 17.6. The van der Waals surface area contributed by atoms with Crippen molar-refractivity contribution >= 4 is 26.0 Å². The Bertz CT molecular complexity index is 1160. The van der Waals surface area contributed by atoms with E-state index < -0.39 is 0 Å². The molecule has 0 spiro atoms. The summed E-state index contributed by atoms with van der Waals surface area (Å²) in [7, 11) is 0. The molecule has 1 aliphatic carbocycles. The van der Waals surface area contributed by atoms with Crippen molar-refractivity contribution in [2.45, 2.75) is 11.8 Å². The molecule has 140 valence electrons. The molecule has 29 heavy (non-hydrogen) atoms. The summed E-state index contributed by atoms with van der Waals surface area (Å²) in [6.45, 7) is 0. The highest BCUT2D eigenvalue weighted by Crippen LogP contribution is 2.57. The van der Waals surface area contributed by atoms with Crippen LogP contribution in [-0.4, -0.2) is 0 Å². The Morgan fingerprint density at radius 3 is 1.83 bits per heavy atom. The number of benzene rings is 4. The van der Waals surface area contributed by atoms with Crippen LogP contribution in [0.2, 0.25) is 0 Å². The molecule has 1 atom stereocenters. The van der Waals surface area contributed by atoms with Gasteiger partial charge in [-0.25, -0.2) is 0 Å². The van der Waals surface area contributed by atoms with Crippen LogP contribution in [0.1, 0.15) is 27.8 Å². The van der Waals surface area contributed by atoms with E-state index in [-0.39, 0.29) is 5.41 Å². The fourth-order valence-electron chi connectivity index (χ4n) is 4.69. The van der Waals surface area contributed by atoms with Crippen LogP contribution in [-0.2, 0) is 11.8 Å². The maximum atomic E-state index is 4.01. The highest BCUT2D eigenvalue weighted by molar-refractivity contribution is 9.15. The maximum Gasteiger partial charge on any atom is 0.0515 e. The lowest BCUT2D eigenvalue weighted by molar-refractivity contribution is 0.667. The van der Waals surface area contributed by atoms with Crippen molar-refractivity contribution in [3.05, 3.63) is 143 Å². The molecule has 0 saturated carbocycles. The number of hydrogen-bond donors (Lipinski definition) is 0. The van der Waals surface area contributed by atoms with E-state index in [1.807, 2.05) is 0 Å². The first-order chi connectivity index (χ1) is 14.3. The number of hydrogen-bond acceptors (Lipinski definition) is 0. The molecule has 0 N–H and O–H groups in total. The van der Waals surface area contributed by atoms with Crippen molar-refractivity contribution < 1.29 is 0 Å². The summed E-state index contributed by atoms with van der Waals surface area (Å²) in [5.74, 6) is 0. The SMILES string of the molecule is BrC1=C(c2ccccc2)C(Cc2ccccc2)(c2ccccc2)c2ccccc21. The van der Waals surface area contributed by atoms with Crippen LogP contribution < -0.4 is 0 Å². The van der Waals surface area contributed by atoms with Crippen molar-refractivity contribution in [1.29, 1.82) is 0 Å². The van der Waals surface area contributed by atoms with Gasteiger partial charge in [0.2, 0.25) is 0 Å². The smallest absolute Gasteiger partial charge is 0.0515 e. The molecule has 0 nitrogen and oxygen atoms in total. The van der Waals surface area contributed by atoms with Gasteiger partial charge in [0.05, 0.1) is 5.41 Å². The molecule has 5 rings (SSSR count). The van der Waals surface area contributed by atoms with Crippen molar-refractivity contribution in [1.82, 2.24) is 0 Å². The van der Waals surface area contributed by atoms with Crippen LogP contribution in [0, 0.1) is 0 Å². The molecule has 0 heterocycles. The van der Waals surface area contributed by atoms with Gasteiger partial charge in [-0.1, -0.05) is 115 Å². The fraction of sp³-hybridized carbons (Fsp3) is 0.0714. The highest BCUT2D eigenvalue weighted by Gasteiger charge is 2.46. The summed E-state index contributed by atoms with van der Waals surface area (Å²) in [6.07, 6.45) is 0.911. The third-order valence-corrected chi connectivity index (χ3v) is 6.73. The monoisotopic (exact) mass is 436 g/mol. The molecular weight excluding hydrogens is 416 g/mol. The summed E-state index contributed by atoms with van der Waals surface area (Å²) >= 11 is 4.01. The van der Waals surface area contributed by atoms with Crippen LogP contribution in [0.3, 0.4) is 0 Å². The summed E-state index contributed by atoms with van der Waals surface area (Å²) in [4.78, 5) is 0. The van der Waals surface area contributed by atoms with Gasteiger partial charge in [0.25, 0.3) is 0 Å². The van der Waals surface area contributed by atoms with Gasteiger partial charge in [0.1, 0.15) is 0 Å². The number of allylic oxidation sites excluding steroid dienone is 1. The molecule has 1 aliphatic rings. The Hall–Kier alpha value is -2.90. The molecule has 0 amide bonds. The third-order valence-electron chi connectivity index (χ3n) is 5.91. The Kier molecular flexibility index (Phi) is 4.69. The fourth-order valence-corrected chi connectivity index (χ4v) is 5.60. The average Bonchev–Trinajstić information content (AvgIpc) is 3.05. The first-order valence-electron chi connectivity index (χ1n) is 9.96. The van der Waals surface area contributed by atoms with Gasteiger partial charge in [0.15, 0.2) is 0 Å². The first-order valence-corrected chi connectivity index (χ1v) is 10.7. The van der Waals surface area contributed by atoms with E-state index in [1.54, 1.807) is 0 Å². The predicted molar refractivity (Wildman–Crippen MR) is 126 cm³/mol. The van der Waals surface area contributed by atoms with Crippen LogP contribution in [0.15, 0.2) is 115 Å². The molecule has 0 bridgehead atoms. The molecule has 0 aromatic heterocycles. The largest absolute Gasteiger partial charge is 0.0622 e. The minimum absolute atomic E-state index is 0.251. The Morgan fingerprint density at radius 1 is 0.586 bits per heavy atom. The summed E-state index contributed by atoms with van der Waals surface area (Å²) in [5.41, 5.74) is 7.65. The number of fused-ring (bicyclic) bond motifs is 1. The van der Waals surface area contributed by atoms with Gasteiger partial charge in [-0.15, -0.1) is 0 Å². The predicted octanol–water partition coefficient (Wildman–Crippen LogP) is 7.49. The van der Waals surface area contributed by atoms with Crippen LogP contribution >= 0.6 is 15.9 Å². The third kappa shape index (κ3) is 2.97. The Labute approximate surface area is 180 Å². The number of halogens is 1. The van der Waals surface area contributed by atoms with E-state index in [9.17, 15) is 0 Å². The topological polar surface area (TPSA) is 0 Å². The van der Waals surface area contributed by atoms with Gasteiger partial charge in [0, 0.05) is 4.48 Å².